The van der Waals surface area contributed by atoms with Crippen LogP contribution < -0.4 is 10.6 Å². The van der Waals surface area contributed by atoms with Gasteiger partial charge in [0.05, 0.1) is 5.52 Å². The number of carbonyl (C=O) groups is 1. The van der Waals surface area contributed by atoms with Gasteiger partial charge in [-0.15, -0.1) is 0 Å². The fourth-order valence-corrected chi connectivity index (χ4v) is 4.79. The van der Waals surface area contributed by atoms with Crippen molar-refractivity contribution in [3.05, 3.63) is 36.0 Å². The Morgan fingerprint density at radius 2 is 1.94 bits per heavy atom. The van der Waals surface area contributed by atoms with Gasteiger partial charge in [-0.2, -0.15) is 18.9 Å². The number of halogens is 2. The number of carbonyl (C=O) groups excluding carboxylic acids is 1. The molecule has 8 nitrogen and oxygen atoms in total. The minimum atomic E-state index is -2.95. The van der Waals surface area contributed by atoms with Crippen molar-refractivity contribution in [3.8, 4) is 0 Å². The molecule has 1 amide bonds. The van der Waals surface area contributed by atoms with Crippen LogP contribution in [0.4, 0.5) is 26.4 Å². The zero-order valence-corrected chi connectivity index (χ0v) is 17.0. The lowest BCUT2D eigenvalue weighted by molar-refractivity contribution is -0.147. The number of rotatable bonds is 5. The molecular formula is C21H23F2N7O. The first-order valence-corrected chi connectivity index (χ1v) is 10.4. The number of amides is 1. The molecule has 2 aromatic heterocycles. The summed E-state index contributed by atoms with van der Waals surface area (Å²) in [4.78, 5) is 22.6. The Labute approximate surface area is 177 Å². The lowest BCUT2D eigenvalue weighted by Gasteiger charge is -2.39. The maximum absolute atomic E-state index is 13.0. The molecular weight excluding hydrogens is 404 g/mol. The number of nitrogens with one attached hydrogen (secondary N) is 3. The SMILES string of the molecule is Cc1cc(Nc2nc(NC3CC4CCC(C3)N4C(=O)C(F)F)nc3ccccc23)n[nH]1. The van der Waals surface area contributed by atoms with E-state index in [9.17, 15) is 13.6 Å². The molecule has 2 atom stereocenters. The highest BCUT2D eigenvalue weighted by Crippen LogP contribution is 2.37. The Kier molecular flexibility index (Phi) is 4.91. The molecule has 162 valence electrons. The van der Waals surface area contributed by atoms with Crippen molar-refractivity contribution in [2.24, 2.45) is 0 Å². The number of nitrogens with zero attached hydrogens (tertiary/aromatic N) is 4. The first kappa shape index (κ1) is 19.7. The second-order valence-corrected chi connectivity index (χ2v) is 8.22. The van der Waals surface area contributed by atoms with Gasteiger partial charge in [-0.05, 0) is 44.7 Å². The highest BCUT2D eigenvalue weighted by Gasteiger charge is 2.45. The van der Waals surface area contributed by atoms with E-state index >= 15 is 0 Å². The van der Waals surface area contributed by atoms with E-state index in [1.807, 2.05) is 37.3 Å². The van der Waals surface area contributed by atoms with E-state index in [2.05, 4.69) is 30.8 Å². The quantitative estimate of drug-likeness (QED) is 0.576. The second-order valence-electron chi connectivity index (χ2n) is 8.22. The molecule has 0 spiro atoms. The molecule has 0 aliphatic carbocycles. The van der Waals surface area contributed by atoms with Crippen molar-refractivity contribution in [3.63, 3.8) is 0 Å². The molecule has 5 rings (SSSR count). The van der Waals surface area contributed by atoms with E-state index in [0.717, 1.165) is 29.4 Å². The standard InChI is InChI=1S/C21H23F2N7O/c1-11-8-17(29-28-11)26-19-15-4-2-3-5-16(15)25-21(27-19)24-12-9-13-6-7-14(10-12)30(13)20(31)18(22)23/h2-5,8,12-14,18H,6-7,9-10H2,1H3,(H3,24,25,26,27,28,29). The van der Waals surface area contributed by atoms with Crippen LogP contribution >= 0.6 is 0 Å². The van der Waals surface area contributed by atoms with Gasteiger partial charge in [0.1, 0.15) is 5.82 Å². The van der Waals surface area contributed by atoms with Crippen molar-refractivity contribution in [1.82, 2.24) is 25.1 Å². The number of aryl methyl sites for hydroxylation is 1. The number of benzene rings is 1. The van der Waals surface area contributed by atoms with Crippen LogP contribution in [0.15, 0.2) is 30.3 Å². The van der Waals surface area contributed by atoms with Gasteiger partial charge in [0.25, 0.3) is 5.91 Å². The van der Waals surface area contributed by atoms with Crippen molar-refractivity contribution in [2.75, 3.05) is 10.6 Å². The molecule has 3 N–H and O–H groups in total. The van der Waals surface area contributed by atoms with Gasteiger partial charge in [-0.25, -0.2) is 4.98 Å². The van der Waals surface area contributed by atoms with Gasteiger partial charge in [0.2, 0.25) is 5.95 Å². The molecule has 2 aliphatic rings. The Hall–Kier alpha value is -3.30. The Morgan fingerprint density at radius 3 is 2.61 bits per heavy atom. The molecule has 3 aromatic rings. The fourth-order valence-electron chi connectivity index (χ4n) is 4.79. The Balaban J connectivity index is 1.38. The minimum absolute atomic E-state index is 0.0147. The largest absolute Gasteiger partial charge is 0.351 e. The van der Waals surface area contributed by atoms with E-state index in [4.69, 9.17) is 0 Å². The van der Waals surface area contributed by atoms with Crippen LogP contribution in [0.25, 0.3) is 10.9 Å². The maximum Gasteiger partial charge on any atom is 0.315 e. The summed E-state index contributed by atoms with van der Waals surface area (Å²) in [5, 5.41) is 14.6. The van der Waals surface area contributed by atoms with Gasteiger partial charge in [-0.3, -0.25) is 9.89 Å². The van der Waals surface area contributed by atoms with E-state index in [-0.39, 0.29) is 18.1 Å². The third-order valence-corrected chi connectivity index (χ3v) is 6.06. The Morgan fingerprint density at radius 1 is 1.19 bits per heavy atom. The van der Waals surface area contributed by atoms with Gasteiger partial charge in [0.15, 0.2) is 5.82 Å². The molecule has 2 fully saturated rings. The lowest BCUT2D eigenvalue weighted by Crippen LogP contribution is -2.51. The monoisotopic (exact) mass is 427 g/mol. The van der Waals surface area contributed by atoms with Gasteiger partial charge in [0, 0.05) is 35.3 Å². The summed E-state index contributed by atoms with van der Waals surface area (Å²) in [5.41, 5.74) is 1.71. The number of H-pyrrole nitrogens is 1. The minimum Gasteiger partial charge on any atom is -0.351 e. The molecule has 1 aromatic carbocycles. The molecule has 2 saturated heterocycles. The molecule has 0 saturated carbocycles. The van der Waals surface area contributed by atoms with Crippen LogP contribution in [0.3, 0.4) is 0 Å². The van der Waals surface area contributed by atoms with E-state index in [1.165, 1.54) is 4.90 Å². The first-order chi connectivity index (χ1) is 15.0. The summed E-state index contributed by atoms with van der Waals surface area (Å²) in [6, 6.07) is 9.26. The number of anilines is 3. The van der Waals surface area contributed by atoms with Crippen LogP contribution in [-0.2, 0) is 4.79 Å². The Bertz CT molecular complexity index is 1100. The van der Waals surface area contributed by atoms with E-state index < -0.39 is 12.3 Å². The number of fused-ring (bicyclic) bond motifs is 3. The van der Waals surface area contributed by atoms with Crippen LogP contribution in [0.1, 0.15) is 31.4 Å². The summed E-state index contributed by atoms with van der Waals surface area (Å²) >= 11 is 0. The van der Waals surface area contributed by atoms with Crippen LogP contribution in [0.5, 0.6) is 0 Å². The number of aromatic nitrogens is 4. The third kappa shape index (κ3) is 3.77. The van der Waals surface area contributed by atoms with Crippen LogP contribution in [0, 0.1) is 6.92 Å². The second kappa shape index (κ2) is 7.75. The highest BCUT2D eigenvalue weighted by molar-refractivity contribution is 5.91. The summed E-state index contributed by atoms with van der Waals surface area (Å²) in [6.07, 6.45) is -0.231. The number of hydrogen-bond donors (Lipinski definition) is 3. The number of alkyl halides is 2. The normalized spacial score (nSPS) is 22.8. The summed E-state index contributed by atoms with van der Waals surface area (Å²) in [6.45, 7) is 1.92. The third-order valence-electron chi connectivity index (χ3n) is 6.06. The number of aromatic amines is 1. The average Bonchev–Trinajstić information content (AvgIpc) is 3.27. The summed E-state index contributed by atoms with van der Waals surface area (Å²) in [5.74, 6) is 0.706. The van der Waals surface area contributed by atoms with Crippen LogP contribution in [-0.4, -0.2) is 55.5 Å². The van der Waals surface area contributed by atoms with Crippen molar-refractivity contribution < 1.29 is 13.6 Å². The predicted molar refractivity (Wildman–Crippen MR) is 112 cm³/mol. The predicted octanol–water partition coefficient (Wildman–Crippen LogP) is 3.60. The van der Waals surface area contributed by atoms with Crippen molar-refractivity contribution >= 4 is 34.4 Å². The molecule has 2 bridgehead atoms. The van der Waals surface area contributed by atoms with Crippen molar-refractivity contribution in [1.29, 1.82) is 0 Å². The van der Waals surface area contributed by atoms with Gasteiger partial charge < -0.3 is 15.5 Å². The summed E-state index contributed by atoms with van der Waals surface area (Å²) < 4.78 is 25.9. The van der Waals surface area contributed by atoms with Gasteiger partial charge in [-0.1, -0.05) is 12.1 Å². The fraction of sp³-hybridized carbons (Fsp3) is 0.429. The molecule has 10 heteroatoms. The molecule has 2 aliphatic heterocycles. The molecule has 0 radical (unpaired) electrons. The highest BCUT2D eigenvalue weighted by atomic mass is 19.3. The van der Waals surface area contributed by atoms with Gasteiger partial charge >= 0.3 is 6.43 Å². The lowest BCUT2D eigenvalue weighted by atomic mass is 9.97. The zero-order valence-electron chi connectivity index (χ0n) is 17.0. The average molecular weight is 427 g/mol. The van der Waals surface area contributed by atoms with E-state index in [1.54, 1.807) is 0 Å². The van der Waals surface area contributed by atoms with Crippen LogP contribution in [0.2, 0.25) is 0 Å². The molecule has 4 heterocycles. The summed E-state index contributed by atoms with van der Waals surface area (Å²) in [7, 11) is 0. The maximum atomic E-state index is 13.0. The zero-order chi connectivity index (χ0) is 21.5. The smallest absolute Gasteiger partial charge is 0.315 e. The first-order valence-electron chi connectivity index (χ1n) is 10.4. The molecule has 31 heavy (non-hydrogen) atoms. The molecule has 2 unspecified atom stereocenters. The van der Waals surface area contributed by atoms with Crippen molar-refractivity contribution in [2.45, 2.75) is 57.2 Å². The van der Waals surface area contributed by atoms with E-state index in [0.29, 0.717) is 30.4 Å². The topological polar surface area (TPSA) is 98.8 Å². The number of piperidine rings is 1. The number of hydrogen-bond acceptors (Lipinski definition) is 6. The number of para-hydroxylation sites is 1.